The largest absolute Gasteiger partial charge is 0.398 e. The highest BCUT2D eigenvalue weighted by Crippen LogP contribution is 2.24. The Morgan fingerprint density at radius 1 is 1.42 bits per heavy atom. The molecule has 0 aromatic heterocycles. The van der Waals surface area contributed by atoms with E-state index in [-0.39, 0.29) is 6.29 Å². The zero-order valence-corrected chi connectivity index (χ0v) is 9.13. The number of ether oxygens (including phenoxy) is 1. The maximum atomic E-state index is 5.82. The van der Waals surface area contributed by atoms with E-state index in [1.165, 1.54) is 0 Å². The molecule has 3 nitrogen and oxygen atoms in total. The summed E-state index contributed by atoms with van der Waals surface area (Å²) in [6, 6.07) is 2.00. The molecule has 1 fully saturated rings. The van der Waals surface area contributed by atoms with Gasteiger partial charge in [-0.15, -0.1) is 0 Å². The first kappa shape index (κ1) is 10.2. The van der Waals surface area contributed by atoms with Gasteiger partial charge < -0.3 is 13.6 Å². The molecule has 4 heteroatoms. The standard InChI is InChI=1S/C8H18O3Si/c1-4-12(5-2,9-3)11-8-6-7-10-8/h8H,4-7H2,1-3H3. The van der Waals surface area contributed by atoms with Gasteiger partial charge in [0.05, 0.1) is 6.61 Å². The number of rotatable bonds is 5. The zero-order chi connectivity index (χ0) is 9.03. The molecule has 1 rings (SSSR count). The van der Waals surface area contributed by atoms with Crippen LogP contribution in [0.25, 0.3) is 0 Å². The summed E-state index contributed by atoms with van der Waals surface area (Å²) in [5.74, 6) is 0. The summed E-state index contributed by atoms with van der Waals surface area (Å²) < 4.78 is 16.5. The third kappa shape index (κ3) is 2.07. The summed E-state index contributed by atoms with van der Waals surface area (Å²) in [7, 11) is -0.127. The highest BCUT2D eigenvalue weighted by molar-refractivity contribution is 6.67. The number of hydrogen-bond donors (Lipinski definition) is 0. The summed E-state index contributed by atoms with van der Waals surface area (Å²) in [6.07, 6.45) is 1.05. The highest BCUT2D eigenvalue weighted by atomic mass is 28.4. The van der Waals surface area contributed by atoms with Gasteiger partial charge in [0.15, 0.2) is 6.29 Å². The molecule has 0 aliphatic carbocycles. The normalized spacial score (nSPS) is 23.8. The Bertz CT molecular complexity index is 124. The van der Waals surface area contributed by atoms with Gasteiger partial charge in [0.25, 0.3) is 0 Å². The van der Waals surface area contributed by atoms with Crippen molar-refractivity contribution in [3.05, 3.63) is 0 Å². The Morgan fingerprint density at radius 2 is 2.00 bits per heavy atom. The Morgan fingerprint density at radius 3 is 2.25 bits per heavy atom. The Hall–Kier alpha value is 0.0969. The lowest BCUT2D eigenvalue weighted by atomic mass is 10.4. The fourth-order valence-electron chi connectivity index (χ4n) is 1.30. The van der Waals surface area contributed by atoms with Gasteiger partial charge in [-0.3, -0.25) is 0 Å². The lowest BCUT2D eigenvalue weighted by molar-refractivity contribution is -0.178. The molecule has 1 aliphatic heterocycles. The molecule has 0 saturated carbocycles. The minimum Gasteiger partial charge on any atom is -0.398 e. The van der Waals surface area contributed by atoms with E-state index in [9.17, 15) is 0 Å². The van der Waals surface area contributed by atoms with E-state index in [1.54, 1.807) is 7.11 Å². The molecule has 0 aromatic rings. The lowest BCUT2D eigenvalue weighted by Gasteiger charge is -2.35. The molecule has 1 unspecified atom stereocenters. The van der Waals surface area contributed by atoms with E-state index in [0.29, 0.717) is 0 Å². The monoisotopic (exact) mass is 190 g/mol. The fourth-order valence-corrected chi connectivity index (χ4v) is 3.47. The molecule has 1 saturated heterocycles. The second-order valence-electron chi connectivity index (χ2n) is 3.03. The van der Waals surface area contributed by atoms with Gasteiger partial charge in [0, 0.05) is 13.5 Å². The Kier molecular flexibility index (Phi) is 3.70. The average molecular weight is 190 g/mol. The van der Waals surface area contributed by atoms with Gasteiger partial charge in [-0.1, -0.05) is 13.8 Å². The van der Waals surface area contributed by atoms with Crippen LogP contribution in [0.15, 0.2) is 0 Å². The Balaban J connectivity index is 2.39. The molecule has 72 valence electrons. The molecule has 0 radical (unpaired) electrons. The molecular formula is C8H18O3Si. The predicted octanol–water partition coefficient (Wildman–Crippen LogP) is 1.88. The third-order valence-electron chi connectivity index (χ3n) is 2.45. The van der Waals surface area contributed by atoms with Gasteiger partial charge in [0.2, 0.25) is 0 Å². The lowest BCUT2D eigenvalue weighted by Crippen LogP contribution is -2.46. The minimum absolute atomic E-state index is 0.0246. The summed E-state index contributed by atoms with van der Waals surface area (Å²) in [5, 5.41) is 0. The van der Waals surface area contributed by atoms with Crippen molar-refractivity contribution in [1.29, 1.82) is 0 Å². The van der Waals surface area contributed by atoms with Crippen molar-refractivity contribution < 1.29 is 13.6 Å². The van der Waals surface area contributed by atoms with Crippen molar-refractivity contribution in [3.8, 4) is 0 Å². The van der Waals surface area contributed by atoms with Crippen LogP contribution in [0.3, 0.4) is 0 Å². The van der Waals surface area contributed by atoms with E-state index in [4.69, 9.17) is 13.6 Å². The maximum Gasteiger partial charge on any atom is 0.339 e. The summed E-state index contributed by atoms with van der Waals surface area (Å²) in [6.45, 7) is 5.09. The van der Waals surface area contributed by atoms with Crippen LogP contribution in [0.2, 0.25) is 12.1 Å². The first-order chi connectivity index (χ1) is 5.76. The van der Waals surface area contributed by atoms with Crippen molar-refractivity contribution in [2.24, 2.45) is 0 Å². The SMILES string of the molecule is CC[Si](CC)(OC)OC1CCO1. The quantitative estimate of drug-likeness (QED) is 0.619. The molecule has 1 heterocycles. The average Bonchev–Trinajstić information content (AvgIpc) is 2.05. The second-order valence-corrected chi connectivity index (χ2v) is 6.91. The van der Waals surface area contributed by atoms with Gasteiger partial charge in [-0.25, -0.2) is 0 Å². The second kappa shape index (κ2) is 4.37. The van der Waals surface area contributed by atoms with Crippen LogP contribution in [0.5, 0.6) is 0 Å². The van der Waals surface area contributed by atoms with Crippen molar-refractivity contribution >= 4 is 8.56 Å². The van der Waals surface area contributed by atoms with Gasteiger partial charge in [-0.2, -0.15) is 0 Å². The van der Waals surface area contributed by atoms with Gasteiger partial charge in [0.1, 0.15) is 0 Å². The van der Waals surface area contributed by atoms with Crippen LogP contribution in [-0.4, -0.2) is 28.6 Å². The van der Waals surface area contributed by atoms with Crippen LogP contribution >= 0.6 is 0 Å². The Labute approximate surface area is 75.3 Å². The van der Waals surface area contributed by atoms with E-state index in [1.807, 2.05) is 0 Å². The first-order valence-electron chi connectivity index (χ1n) is 4.61. The topological polar surface area (TPSA) is 27.7 Å². The molecule has 0 aromatic carbocycles. The van der Waals surface area contributed by atoms with Crippen molar-refractivity contribution in [3.63, 3.8) is 0 Å². The molecule has 0 bridgehead atoms. The molecule has 0 spiro atoms. The fraction of sp³-hybridized carbons (Fsp3) is 1.00. The van der Waals surface area contributed by atoms with Crippen molar-refractivity contribution in [2.45, 2.75) is 38.6 Å². The minimum atomic E-state index is -1.88. The summed E-state index contributed by atoms with van der Waals surface area (Å²) in [5.41, 5.74) is 0. The predicted molar refractivity (Wildman–Crippen MR) is 49.2 cm³/mol. The molecule has 1 aliphatic rings. The van der Waals surface area contributed by atoms with Crippen LogP contribution in [0, 0.1) is 0 Å². The first-order valence-corrected chi connectivity index (χ1v) is 6.84. The van der Waals surface area contributed by atoms with E-state index in [2.05, 4.69) is 13.8 Å². The van der Waals surface area contributed by atoms with Gasteiger partial charge in [-0.05, 0) is 12.1 Å². The summed E-state index contributed by atoms with van der Waals surface area (Å²) in [4.78, 5) is 0. The summed E-state index contributed by atoms with van der Waals surface area (Å²) >= 11 is 0. The molecular weight excluding hydrogens is 172 g/mol. The van der Waals surface area contributed by atoms with Crippen molar-refractivity contribution in [1.82, 2.24) is 0 Å². The zero-order valence-electron chi connectivity index (χ0n) is 8.13. The van der Waals surface area contributed by atoms with E-state index in [0.717, 1.165) is 25.1 Å². The van der Waals surface area contributed by atoms with Crippen LogP contribution in [0.4, 0.5) is 0 Å². The van der Waals surface area contributed by atoms with Crippen molar-refractivity contribution in [2.75, 3.05) is 13.7 Å². The number of hydrogen-bond acceptors (Lipinski definition) is 3. The highest BCUT2D eigenvalue weighted by Gasteiger charge is 2.37. The van der Waals surface area contributed by atoms with Crippen LogP contribution in [-0.2, 0) is 13.6 Å². The molecule has 1 atom stereocenters. The van der Waals surface area contributed by atoms with Gasteiger partial charge >= 0.3 is 8.56 Å². The molecule has 0 amide bonds. The third-order valence-corrected chi connectivity index (χ3v) is 6.04. The van der Waals surface area contributed by atoms with Crippen LogP contribution < -0.4 is 0 Å². The van der Waals surface area contributed by atoms with Crippen LogP contribution in [0.1, 0.15) is 20.3 Å². The molecule has 12 heavy (non-hydrogen) atoms. The molecule has 0 N–H and O–H groups in total. The van der Waals surface area contributed by atoms with E-state index >= 15 is 0 Å². The van der Waals surface area contributed by atoms with E-state index < -0.39 is 8.56 Å². The maximum absolute atomic E-state index is 5.82. The smallest absolute Gasteiger partial charge is 0.339 e.